The molecule has 0 saturated heterocycles. The second-order valence-electron chi connectivity index (χ2n) is 11.3. The number of benzene rings is 1. The van der Waals surface area contributed by atoms with E-state index in [0.717, 1.165) is 61.8 Å². The zero-order chi connectivity index (χ0) is 25.0. The maximum Gasteiger partial charge on any atom is 0.192 e. The molecule has 0 amide bonds. The lowest BCUT2D eigenvalue weighted by molar-refractivity contribution is 0.155. The molecule has 1 atom stereocenters. The molecule has 2 aliphatic rings. The van der Waals surface area contributed by atoms with E-state index in [-0.39, 0.29) is 11.7 Å². The van der Waals surface area contributed by atoms with Gasteiger partial charge >= 0.3 is 0 Å². The van der Waals surface area contributed by atoms with Gasteiger partial charge in [-0.3, -0.25) is 0 Å². The quantitative estimate of drug-likeness (QED) is 0.199. The summed E-state index contributed by atoms with van der Waals surface area (Å²) < 4.78 is 35.4. The second-order valence-corrected chi connectivity index (χ2v) is 11.3. The third-order valence-corrected chi connectivity index (χ3v) is 8.80. The summed E-state index contributed by atoms with van der Waals surface area (Å²) in [4.78, 5) is 0. The fourth-order valence-corrected chi connectivity index (χ4v) is 6.56. The first kappa shape index (κ1) is 28.0. The van der Waals surface area contributed by atoms with Crippen LogP contribution in [-0.4, -0.2) is 6.10 Å². The van der Waals surface area contributed by atoms with Crippen molar-refractivity contribution in [2.75, 3.05) is 0 Å². The predicted molar refractivity (Wildman–Crippen MR) is 143 cm³/mol. The molecule has 1 nitrogen and oxygen atoms in total. The molecular weight excluding hydrogens is 438 g/mol. The van der Waals surface area contributed by atoms with E-state index in [1.807, 2.05) is 0 Å². The fourth-order valence-electron chi connectivity index (χ4n) is 6.56. The molecule has 0 spiro atoms. The SMILES string of the molecule is C#CC(CCCCCC)Oc1c(F)cc(C2CCC(C3CCC(CCCCC)CC3)CC2)cc1F. The monoisotopic (exact) mass is 486 g/mol. The predicted octanol–water partition coefficient (Wildman–Crippen LogP) is 9.98. The van der Waals surface area contributed by atoms with Crippen LogP contribution in [0.25, 0.3) is 0 Å². The van der Waals surface area contributed by atoms with Gasteiger partial charge in [-0.1, -0.05) is 77.6 Å². The molecule has 0 aromatic heterocycles. The third kappa shape index (κ3) is 8.51. The molecule has 1 unspecified atom stereocenters. The van der Waals surface area contributed by atoms with Gasteiger partial charge in [-0.2, -0.15) is 0 Å². The highest BCUT2D eigenvalue weighted by Gasteiger charge is 2.32. The van der Waals surface area contributed by atoms with Crippen molar-refractivity contribution in [2.24, 2.45) is 17.8 Å². The van der Waals surface area contributed by atoms with Gasteiger partial charge in [0.2, 0.25) is 0 Å². The Morgan fingerprint density at radius 3 is 1.97 bits per heavy atom. The average molecular weight is 487 g/mol. The molecule has 0 N–H and O–H groups in total. The smallest absolute Gasteiger partial charge is 0.192 e. The van der Waals surface area contributed by atoms with E-state index in [2.05, 4.69) is 19.8 Å². The van der Waals surface area contributed by atoms with Crippen molar-refractivity contribution in [1.29, 1.82) is 0 Å². The minimum absolute atomic E-state index is 0.243. The molecule has 35 heavy (non-hydrogen) atoms. The number of hydrogen-bond acceptors (Lipinski definition) is 1. The molecule has 3 heteroatoms. The van der Waals surface area contributed by atoms with E-state index in [0.29, 0.717) is 6.42 Å². The van der Waals surface area contributed by atoms with Crippen LogP contribution in [0.1, 0.15) is 134 Å². The van der Waals surface area contributed by atoms with Crippen LogP contribution < -0.4 is 4.74 Å². The molecule has 2 fully saturated rings. The van der Waals surface area contributed by atoms with Crippen molar-refractivity contribution < 1.29 is 13.5 Å². The van der Waals surface area contributed by atoms with Crippen LogP contribution in [-0.2, 0) is 0 Å². The van der Waals surface area contributed by atoms with E-state index >= 15 is 0 Å². The molecule has 0 bridgehead atoms. The summed E-state index contributed by atoms with van der Waals surface area (Å²) in [6.07, 6.45) is 25.4. The molecule has 0 aliphatic heterocycles. The van der Waals surface area contributed by atoms with Crippen LogP contribution in [0.5, 0.6) is 5.75 Å². The van der Waals surface area contributed by atoms with Gasteiger partial charge in [-0.05, 0) is 92.7 Å². The first-order valence-electron chi connectivity index (χ1n) is 14.7. The second kappa shape index (κ2) is 14.9. The Morgan fingerprint density at radius 1 is 0.829 bits per heavy atom. The maximum atomic E-state index is 14.9. The van der Waals surface area contributed by atoms with E-state index in [9.17, 15) is 8.78 Å². The van der Waals surface area contributed by atoms with Crippen LogP contribution in [0, 0.1) is 41.7 Å². The van der Waals surface area contributed by atoms with Crippen molar-refractivity contribution in [1.82, 2.24) is 0 Å². The number of unbranched alkanes of at least 4 members (excludes halogenated alkanes) is 5. The highest BCUT2D eigenvalue weighted by molar-refractivity contribution is 5.34. The number of hydrogen-bond donors (Lipinski definition) is 0. The highest BCUT2D eigenvalue weighted by atomic mass is 19.1. The topological polar surface area (TPSA) is 9.23 Å². The van der Waals surface area contributed by atoms with Crippen LogP contribution in [0.4, 0.5) is 8.78 Å². The van der Waals surface area contributed by atoms with Crippen LogP contribution in [0.2, 0.25) is 0 Å². The third-order valence-electron chi connectivity index (χ3n) is 8.80. The van der Waals surface area contributed by atoms with E-state index in [1.165, 1.54) is 76.3 Å². The van der Waals surface area contributed by atoms with Gasteiger partial charge in [0.05, 0.1) is 0 Å². The summed E-state index contributed by atoms with van der Waals surface area (Å²) in [5, 5.41) is 0. The molecule has 0 heterocycles. The van der Waals surface area contributed by atoms with Crippen LogP contribution in [0.15, 0.2) is 12.1 Å². The van der Waals surface area contributed by atoms with Crippen molar-refractivity contribution in [3.8, 4) is 18.1 Å². The molecule has 0 radical (unpaired) electrons. The maximum absolute atomic E-state index is 14.9. The fraction of sp³-hybridized carbons (Fsp3) is 0.750. The Morgan fingerprint density at radius 2 is 1.40 bits per heavy atom. The number of rotatable bonds is 13. The highest BCUT2D eigenvalue weighted by Crippen LogP contribution is 2.45. The Balaban J connectivity index is 1.48. The van der Waals surface area contributed by atoms with Gasteiger partial charge in [-0.15, -0.1) is 6.42 Å². The Hall–Kier alpha value is -1.56. The minimum Gasteiger partial charge on any atom is -0.472 e. The number of halogens is 2. The number of ether oxygens (including phenoxy) is 1. The standard InChI is InChI=1S/C32H48F2O/c1-4-7-9-11-13-29(6-3)35-32-30(33)22-28(23-31(32)34)27-20-18-26(19-21-27)25-16-14-24(15-17-25)12-10-8-5-2/h3,22-27,29H,4-5,7-21H2,1-2H3. The molecule has 2 aliphatic carbocycles. The summed E-state index contributed by atoms with van der Waals surface area (Å²) in [7, 11) is 0. The Bertz CT molecular complexity index is 758. The van der Waals surface area contributed by atoms with Gasteiger partial charge in [-0.25, -0.2) is 8.78 Å². The lowest BCUT2D eigenvalue weighted by Gasteiger charge is -2.38. The Labute approximate surface area is 213 Å². The molecule has 3 rings (SSSR count). The van der Waals surface area contributed by atoms with Crippen molar-refractivity contribution in [3.63, 3.8) is 0 Å². The van der Waals surface area contributed by atoms with Crippen molar-refractivity contribution in [3.05, 3.63) is 29.3 Å². The van der Waals surface area contributed by atoms with E-state index < -0.39 is 17.7 Å². The first-order chi connectivity index (χ1) is 17.0. The van der Waals surface area contributed by atoms with Gasteiger partial charge < -0.3 is 4.74 Å². The van der Waals surface area contributed by atoms with Crippen molar-refractivity contribution >= 4 is 0 Å². The first-order valence-corrected chi connectivity index (χ1v) is 14.7. The average Bonchev–Trinajstić information content (AvgIpc) is 2.88. The molecular formula is C32H48F2O. The minimum atomic E-state index is -0.614. The number of terminal acetylenes is 1. The van der Waals surface area contributed by atoms with E-state index in [1.54, 1.807) is 0 Å². The summed E-state index contributed by atoms with van der Waals surface area (Å²) in [5.41, 5.74) is 0.783. The normalized spacial score (nSPS) is 25.7. The zero-order valence-electron chi connectivity index (χ0n) is 22.3. The van der Waals surface area contributed by atoms with Gasteiger partial charge in [0.25, 0.3) is 0 Å². The van der Waals surface area contributed by atoms with Gasteiger partial charge in [0, 0.05) is 0 Å². The summed E-state index contributed by atoms with van der Waals surface area (Å²) in [5.74, 6) is 3.87. The molecule has 196 valence electrons. The largest absolute Gasteiger partial charge is 0.472 e. The summed E-state index contributed by atoms with van der Waals surface area (Å²) in [6.45, 7) is 4.43. The van der Waals surface area contributed by atoms with Gasteiger partial charge in [0.1, 0.15) is 0 Å². The zero-order valence-corrected chi connectivity index (χ0v) is 22.3. The van der Waals surface area contributed by atoms with Gasteiger partial charge in [0.15, 0.2) is 23.5 Å². The lowest BCUT2D eigenvalue weighted by atomic mass is 9.68. The molecule has 1 aromatic carbocycles. The van der Waals surface area contributed by atoms with E-state index in [4.69, 9.17) is 11.2 Å². The molecule has 1 aromatic rings. The lowest BCUT2D eigenvalue weighted by Crippen LogP contribution is -2.25. The summed E-state index contributed by atoms with van der Waals surface area (Å²) in [6, 6.07) is 2.99. The molecule has 2 saturated carbocycles. The summed E-state index contributed by atoms with van der Waals surface area (Å²) >= 11 is 0. The van der Waals surface area contributed by atoms with Crippen LogP contribution >= 0.6 is 0 Å². The Kier molecular flexibility index (Phi) is 11.9. The van der Waals surface area contributed by atoms with Crippen molar-refractivity contribution in [2.45, 2.75) is 135 Å². The van der Waals surface area contributed by atoms with Crippen LogP contribution in [0.3, 0.4) is 0 Å².